The molecule has 0 unspecified atom stereocenters. The van der Waals surface area contributed by atoms with Gasteiger partial charge < -0.3 is 10.1 Å². The topological polar surface area (TPSA) is 92.8 Å². The molecule has 3 fully saturated rings. The third-order valence-electron chi connectivity index (χ3n) is 6.58. The first kappa shape index (κ1) is 19.9. The summed E-state index contributed by atoms with van der Waals surface area (Å²) in [5.74, 6) is -1.90. The van der Waals surface area contributed by atoms with Crippen molar-refractivity contribution in [2.45, 2.75) is 39.2 Å². The highest BCUT2D eigenvalue weighted by Crippen LogP contribution is 2.56. The van der Waals surface area contributed by atoms with Crippen molar-refractivity contribution in [3.05, 3.63) is 28.8 Å². The number of amides is 3. The van der Waals surface area contributed by atoms with Crippen LogP contribution in [-0.4, -0.2) is 41.2 Å². The number of carbonyl (C=O) groups excluding carboxylic acids is 4. The number of imide groups is 1. The lowest BCUT2D eigenvalue weighted by molar-refractivity contribution is -0.159. The number of likely N-dealkylation sites (tertiary alicyclic amines) is 1. The molecule has 1 aliphatic heterocycles. The van der Waals surface area contributed by atoms with E-state index in [4.69, 9.17) is 16.3 Å². The van der Waals surface area contributed by atoms with Crippen LogP contribution in [0.5, 0.6) is 0 Å². The summed E-state index contributed by atoms with van der Waals surface area (Å²) in [6.07, 6.45) is 2.88. The average Bonchev–Trinajstić information content (AvgIpc) is 3.37. The first-order valence-electron chi connectivity index (χ1n) is 9.88. The van der Waals surface area contributed by atoms with E-state index in [-0.39, 0.29) is 35.5 Å². The molecule has 4 rings (SSSR count). The molecule has 8 heteroatoms. The minimum absolute atomic E-state index is 0.251. The van der Waals surface area contributed by atoms with Gasteiger partial charge in [-0.25, -0.2) is 4.79 Å². The van der Waals surface area contributed by atoms with Crippen molar-refractivity contribution >= 4 is 41.0 Å². The standard InChI is InChI=1S/C21H23ClN2O5/c1-10-14(22)4-3-5-15(10)23-16(25)9-29-21(28)11(2)24-19(26)17-12-6-7-13(8-12)18(17)20(24)27/h3-5,11-13,17-18H,6-9H2,1-2H3,(H,23,25)/t11-,12-,13+,17-,18+/m0/s1. The Hall–Kier alpha value is -2.41. The molecule has 5 atom stereocenters. The summed E-state index contributed by atoms with van der Waals surface area (Å²) in [4.78, 5) is 51.2. The highest BCUT2D eigenvalue weighted by molar-refractivity contribution is 6.31. The van der Waals surface area contributed by atoms with Crippen molar-refractivity contribution in [1.29, 1.82) is 0 Å². The van der Waals surface area contributed by atoms with Gasteiger partial charge in [0.05, 0.1) is 11.8 Å². The van der Waals surface area contributed by atoms with Gasteiger partial charge in [-0.3, -0.25) is 19.3 Å². The molecule has 1 heterocycles. The van der Waals surface area contributed by atoms with E-state index in [1.165, 1.54) is 6.92 Å². The number of esters is 1. The largest absolute Gasteiger partial charge is 0.454 e. The van der Waals surface area contributed by atoms with Crippen molar-refractivity contribution < 1.29 is 23.9 Å². The number of carbonyl (C=O) groups is 4. The molecule has 3 aliphatic rings. The van der Waals surface area contributed by atoms with Crippen LogP contribution in [0.3, 0.4) is 0 Å². The van der Waals surface area contributed by atoms with E-state index in [2.05, 4.69) is 5.32 Å². The lowest BCUT2D eigenvalue weighted by Gasteiger charge is -2.23. The number of halogens is 1. The SMILES string of the molecule is Cc1c(Cl)cccc1NC(=O)COC(=O)[C@H](C)N1C(=O)[C@@H]2[C@@H]3CC[C@@H](C3)[C@@H]2C1=O. The Morgan fingerprint density at radius 3 is 2.45 bits per heavy atom. The van der Waals surface area contributed by atoms with Gasteiger partial charge in [0.25, 0.3) is 5.91 Å². The second-order valence-electron chi connectivity index (χ2n) is 8.18. The smallest absolute Gasteiger partial charge is 0.329 e. The minimum atomic E-state index is -1.04. The van der Waals surface area contributed by atoms with Crippen LogP contribution in [-0.2, 0) is 23.9 Å². The molecule has 7 nitrogen and oxygen atoms in total. The highest BCUT2D eigenvalue weighted by atomic mass is 35.5. The van der Waals surface area contributed by atoms with Crippen molar-refractivity contribution in [3.8, 4) is 0 Å². The Morgan fingerprint density at radius 1 is 1.21 bits per heavy atom. The molecule has 0 spiro atoms. The Balaban J connectivity index is 1.35. The number of hydrogen-bond donors (Lipinski definition) is 1. The number of rotatable bonds is 5. The second-order valence-corrected chi connectivity index (χ2v) is 8.58. The second kappa shape index (κ2) is 7.44. The van der Waals surface area contributed by atoms with E-state index < -0.39 is 24.5 Å². The van der Waals surface area contributed by atoms with Gasteiger partial charge in [0.15, 0.2) is 6.61 Å². The molecular weight excluding hydrogens is 396 g/mol. The summed E-state index contributed by atoms with van der Waals surface area (Å²) in [5, 5.41) is 3.15. The van der Waals surface area contributed by atoms with E-state index in [9.17, 15) is 19.2 Å². The van der Waals surface area contributed by atoms with Gasteiger partial charge in [0.2, 0.25) is 11.8 Å². The molecular formula is C21H23ClN2O5. The number of nitrogens with zero attached hydrogens (tertiary/aromatic N) is 1. The number of fused-ring (bicyclic) bond motifs is 5. The Bertz CT molecular complexity index is 873. The number of anilines is 1. The van der Waals surface area contributed by atoms with E-state index in [1.54, 1.807) is 25.1 Å². The third kappa shape index (κ3) is 3.31. The fraction of sp³-hybridized carbons (Fsp3) is 0.524. The molecule has 1 aromatic carbocycles. The van der Waals surface area contributed by atoms with Gasteiger partial charge in [-0.1, -0.05) is 17.7 Å². The number of ether oxygens (including phenoxy) is 1. The fourth-order valence-corrected chi connectivity index (χ4v) is 5.28. The van der Waals surface area contributed by atoms with E-state index >= 15 is 0 Å². The van der Waals surface area contributed by atoms with Crippen LogP contribution < -0.4 is 5.32 Å². The lowest BCUT2D eigenvalue weighted by atomic mass is 9.81. The maximum atomic E-state index is 12.8. The van der Waals surface area contributed by atoms with Crippen molar-refractivity contribution in [3.63, 3.8) is 0 Å². The summed E-state index contributed by atoms with van der Waals surface area (Å²) < 4.78 is 5.08. The molecule has 2 aliphatic carbocycles. The summed E-state index contributed by atoms with van der Waals surface area (Å²) in [5.41, 5.74) is 1.23. The van der Waals surface area contributed by atoms with Gasteiger partial charge in [0.1, 0.15) is 6.04 Å². The summed E-state index contributed by atoms with van der Waals surface area (Å²) >= 11 is 6.03. The molecule has 1 saturated heterocycles. The number of nitrogens with one attached hydrogen (secondary N) is 1. The predicted octanol–water partition coefficient (Wildman–Crippen LogP) is 2.55. The number of hydrogen-bond acceptors (Lipinski definition) is 5. The molecule has 154 valence electrons. The van der Waals surface area contributed by atoms with Gasteiger partial charge in [0, 0.05) is 10.7 Å². The summed E-state index contributed by atoms with van der Waals surface area (Å²) in [7, 11) is 0. The molecule has 29 heavy (non-hydrogen) atoms. The quantitative estimate of drug-likeness (QED) is 0.586. The van der Waals surface area contributed by atoms with Gasteiger partial charge in [-0.15, -0.1) is 0 Å². The lowest BCUT2D eigenvalue weighted by Crippen LogP contribution is -2.45. The maximum absolute atomic E-state index is 12.8. The summed E-state index contributed by atoms with van der Waals surface area (Å²) in [6.45, 7) is 2.73. The van der Waals surface area contributed by atoms with Crippen LogP contribution in [0.25, 0.3) is 0 Å². The molecule has 3 amide bonds. The Labute approximate surface area is 173 Å². The van der Waals surface area contributed by atoms with Crippen molar-refractivity contribution in [2.24, 2.45) is 23.7 Å². The van der Waals surface area contributed by atoms with Crippen molar-refractivity contribution in [2.75, 3.05) is 11.9 Å². The Morgan fingerprint density at radius 2 is 1.83 bits per heavy atom. The van der Waals surface area contributed by atoms with Crippen LogP contribution in [0.15, 0.2) is 18.2 Å². The highest BCUT2D eigenvalue weighted by Gasteiger charge is 2.62. The fourth-order valence-electron chi connectivity index (χ4n) is 5.11. The normalized spacial score (nSPS) is 28.4. The molecule has 2 bridgehead atoms. The van der Waals surface area contributed by atoms with Gasteiger partial charge in [-0.05, 0) is 62.6 Å². The van der Waals surface area contributed by atoms with Gasteiger partial charge >= 0.3 is 5.97 Å². The van der Waals surface area contributed by atoms with E-state index in [0.29, 0.717) is 16.3 Å². The molecule has 0 aromatic heterocycles. The zero-order chi connectivity index (χ0) is 20.9. The third-order valence-corrected chi connectivity index (χ3v) is 6.99. The van der Waals surface area contributed by atoms with Crippen LogP contribution in [0, 0.1) is 30.6 Å². The van der Waals surface area contributed by atoms with Crippen LogP contribution in [0.1, 0.15) is 31.7 Å². The minimum Gasteiger partial charge on any atom is -0.454 e. The van der Waals surface area contributed by atoms with E-state index in [1.807, 2.05) is 0 Å². The zero-order valence-electron chi connectivity index (χ0n) is 16.3. The molecule has 2 saturated carbocycles. The first-order valence-corrected chi connectivity index (χ1v) is 10.3. The molecule has 1 aromatic rings. The van der Waals surface area contributed by atoms with Crippen molar-refractivity contribution in [1.82, 2.24) is 4.90 Å². The predicted molar refractivity (Wildman–Crippen MR) is 105 cm³/mol. The van der Waals surface area contributed by atoms with Gasteiger partial charge in [-0.2, -0.15) is 0 Å². The number of benzene rings is 1. The average molecular weight is 419 g/mol. The molecule has 1 N–H and O–H groups in total. The van der Waals surface area contributed by atoms with E-state index in [0.717, 1.165) is 24.2 Å². The Kier molecular flexibility index (Phi) is 5.11. The van der Waals surface area contributed by atoms with Crippen LogP contribution >= 0.6 is 11.6 Å². The first-order chi connectivity index (χ1) is 13.8. The van der Waals surface area contributed by atoms with Crippen LogP contribution in [0.2, 0.25) is 5.02 Å². The monoisotopic (exact) mass is 418 g/mol. The molecule has 0 radical (unpaired) electrons. The summed E-state index contributed by atoms with van der Waals surface area (Å²) in [6, 6.07) is 4.06. The zero-order valence-corrected chi connectivity index (χ0v) is 17.1. The van der Waals surface area contributed by atoms with Crippen LogP contribution in [0.4, 0.5) is 5.69 Å². The maximum Gasteiger partial charge on any atom is 0.329 e.